The fourth-order valence-corrected chi connectivity index (χ4v) is 12.4. The maximum absolute atomic E-state index is 15.3. The Bertz CT molecular complexity index is 2740. The normalized spacial score (nSPS) is 19.5. The second kappa shape index (κ2) is 19.0. The molecule has 4 fully saturated rings. The average Bonchev–Trinajstić information content (AvgIpc) is 3.30. The topological polar surface area (TPSA) is 145 Å². The van der Waals surface area contributed by atoms with Crippen molar-refractivity contribution in [3.8, 4) is 5.75 Å². The number of pyridine rings is 1. The van der Waals surface area contributed by atoms with Crippen LogP contribution in [0.1, 0.15) is 81.0 Å². The molecule has 0 aliphatic carbocycles. The Balaban J connectivity index is 0.799. The summed E-state index contributed by atoms with van der Waals surface area (Å²) in [7, 11) is -1.11. The third kappa shape index (κ3) is 9.69. The number of methoxy groups -OCH3 is 1. The molecule has 17 heteroatoms. The molecule has 0 radical (unpaired) electrons. The van der Waals surface area contributed by atoms with E-state index in [2.05, 4.69) is 56.7 Å². The molecule has 2 aromatic heterocycles. The highest BCUT2D eigenvalue weighted by atomic mass is 35.5. The summed E-state index contributed by atoms with van der Waals surface area (Å²) >= 11 is 6.66. The van der Waals surface area contributed by atoms with Gasteiger partial charge < -0.3 is 34.6 Å². The van der Waals surface area contributed by atoms with Gasteiger partial charge in [0.15, 0.2) is 5.82 Å². The highest BCUT2D eigenvalue weighted by molar-refractivity contribution is 7.71. The number of aryl methyl sites for hydroxylation is 2. The van der Waals surface area contributed by atoms with E-state index < -0.39 is 36.5 Å². The zero-order valence-corrected chi connectivity index (χ0v) is 40.5. The van der Waals surface area contributed by atoms with Gasteiger partial charge in [-0.25, -0.2) is 13.8 Å². The molecule has 4 aliphatic heterocycles. The molecule has 3 N–H and O–H groups in total. The number of likely N-dealkylation sites (tertiary alicyclic amines) is 1. The fourth-order valence-electron chi connectivity index (χ4n) is 10.8. The Morgan fingerprint density at radius 1 is 0.881 bits per heavy atom. The number of rotatable bonds is 11. The summed E-state index contributed by atoms with van der Waals surface area (Å²) in [6, 6.07) is 15.0. The zero-order valence-electron chi connectivity index (χ0n) is 38.9. The van der Waals surface area contributed by atoms with Gasteiger partial charge in [-0.2, -0.15) is 4.98 Å². The van der Waals surface area contributed by atoms with Crippen LogP contribution in [-0.4, -0.2) is 97.4 Å². The number of anilines is 6. The zero-order chi connectivity index (χ0) is 47.2. The van der Waals surface area contributed by atoms with Crippen molar-refractivity contribution in [1.29, 1.82) is 0 Å². The summed E-state index contributed by atoms with van der Waals surface area (Å²) in [4.78, 5) is 45.1. The molecule has 5 aromatic rings. The molecular weight excluding hydrogens is 895 g/mol. The van der Waals surface area contributed by atoms with Crippen molar-refractivity contribution in [2.75, 3.05) is 80.1 Å². The number of nitrogens with one attached hydrogen (secondary N) is 3. The summed E-state index contributed by atoms with van der Waals surface area (Å²) in [6.45, 7) is 13.1. The molecule has 0 unspecified atom stereocenters. The molecule has 0 saturated carbocycles. The van der Waals surface area contributed by atoms with Gasteiger partial charge in [0, 0.05) is 78.0 Å². The maximum atomic E-state index is 15.3. The van der Waals surface area contributed by atoms with Gasteiger partial charge in [-0.05, 0) is 132 Å². The van der Waals surface area contributed by atoms with Crippen molar-refractivity contribution < 1.29 is 27.7 Å². The first kappa shape index (κ1) is 46.7. The van der Waals surface area contributed by atoms with Gasteiger partial charge in [0.05, 0.1) is 36.1 Å². The van der Waals surface area contributed by atoms with E-state index in [0.29, 0.717) is 63.8 Å². The summed E-state index contributed by atoms with van der Waals surface area (Å²) in [5.74, 6) is -2.17. The summed E-state index contributed by atoms with van der Waals surface area (Å²) in [5, 5.41) is 10.7. The molecule has 0 bridgehead atoms. The molecule has 3 aromatic carbocycles. The largest absolute Gasteiger partial charge is 0.494 e. The van der Waals surface area contributed by atoms with Gasteiger partial charge >= 0.3 is 0 Å². The molecule has 4 aliphatic rings. The van der Waals surface area contributed by atoms with Gasteiger partial charge in [-0.3, -0.25) is 19.9 Å². The number of carbonyl (C=O) groups is 2. The minimum Gasteiger partial charge on any atom is -0.494 e. The molecule has 354 valence electrons. The van der Waals surface area contributed by atoms with Crippen LogP contribution in [0.5, 0.6) is 5.75 Å². The second-order valence-corrected chi connectivity index (χ2v) is 22.6. The van der Waals surface area contributed by atoms with Crippen molar-refractivity contribution in [3.63, 3.8) is 0 Å². The fraction of sp³-hybridized carbons (Fsp3) is 0.460. The molecule has 2 amide bonds. The first-order valence-corrected chi connectivity index (χ1v) is 26.4. The molecule has 6 heterocycles. The van der Waals surface area contributed by atoms with Crippen LogP contribution in [0.3, 0.4) is 0 Å². The summed E-state index contributed by atoms with van der Waals surface area (Å²) in [5.41, 5.74) is 5.92. The van der Waals surface area contributed by atoms with Crippen molar-refractivity contribution in [3.05, 3.63) is 88.2 Å². The van der Waals surface area contributed by atoms with Crippen molar-refractivity contribution >= 4 is 81.3 Å². The van der Waals surface area contributed by atoms with Crippen molar-refractivity contribution in [2.24, 2.45) is 5.41 Å². The van der Waals surface area contributed by atoms with Crippen molar-refractivity contribution in [1.82, 2.24) is 25.2 Å². The van der Waals surface area contributed by atoms with Crippen LogP contribution in [-0.2, 0) is 20.6 Å². The molecule has 4 saturated heterocycles. The summed E-state index contributed by atoms with van der Waals surface area (Å²) < 4.78 is 50.2. The molecule has 67 heavy (non-hydrogen) atoms. The molecule has 1 spiro atoms. The number of aromatic nitrogens is 3. The van der Waals surface area contributed by atoms with Gasteiger partial charge in [0.1, 0.15) is 29.5 Å². The number of hydrogen-bond acceptors (Lipinski definition) is 12. The van der Waals surface area contributed by atoms with Gasteiger partial charge in [-0.1, -0.05) is 24.6 Å². The number of halogens is 3. The number of carbonyl (C=O) groups excluding carboxylic acids is 2. The van der Waals surface area contributed by atoms with Gasteiger partial charge in [-0.15, -0.1) is 0 Å². The predicted molar refractivity (Wildman–Crippen MR) is 263 cm³/mol. The van der Waals surface area contributed by atoms with E-state index in [0.717, 1.165) is 105 Å². The molecule has 9 rings (SSSR count). The van der Waals surface area contributed by atoms with Crippen LogP contribution in [0.2, 0.25) is 5.02 Å². The van der Waals surface area contributed by atoms with E-state index in [1.807, 2.05) is 29.2 Å². The van der Waals surface area contributed by atoms with Gasteiger partial charge in [0.2, 0.25) is 17.8 Å². The average molecular weight is 955 g/mol. The Hall–Kier alpha value is -5.37. The third-order valence-corrected chi connectivity index (χ3v) is 16.4. The quantitative estimate of drug-likeness (QED) is 0.0857. The van der Waals surface area contributed by atoms with E-state index in [4.69, 9.17) is 26.3 Å². The first-order valence-electron chi connectivity index (χ1n) is 23.4. The number of nitrogens with zero attached hydrogens (tertiary/aromatic N) is 6. The number of imide groups is 1. The van der Waals surface area contributed by atoms with E-state index in [9.17, 15) is 14.2 Å². The Labute approximate surface area is 395 Å². The molecule has 1 atom stereocenters. The Morgan fingerprint density at radius 2 is 1.58 bits per heavy atom. The predicted octanol–water partition coefficient (Wildman–Crippen LogP) is 9.44. The monoisotopic (exact) mass is 953 g/mol. The van der Waals surface area contributed by atoms with Gasteiger partial charge in [0.25, 0.3) is 0 Å². The lowest BCUT2D eigenvalue weighted by molar-refractivity contribution is -0.134. The number of fused-ring (bicyclic) bond motifs is 1. The van der Waals surface area contributed by atoms with E-state index in [-0.39, 0.29) is 18.4 Å². The SMILES string of the molecule is CCc1ccc2c(P(C)(C)=O)c(Nc3nc(Nc4cc(C)c(N5CCC6(CC5)CCN(C5CCN(c7cc(F)c([C@H]8CCC(=O)NC8=O)c(F)c7)CC5)CC6)cc4OC)ncc3Cl)ccc2n1. The van der Waals surface area contributed by atoms with E-state index in [1.165, 1.54) is 12.1 Å². The second-order valence-electron chi connectivity index (χ2n) is 19.1. The maximum Gasteiger partial charge on any atom is 0.234 e. The minimum atomic E-state index is -2.77. The van der Waals surface area contributed by atoms with E-state index in [1.54, 1.807) is 26.6 Å². The van der Waals surface area contributed by atoms with Crippen LogP contribution in [0.25, 0.3) is 10.9 Å². The highest BCUT2D eigenvalue weighted by Gasteiger charge is 2.40. The van der Waals surface area contributed by atoms with Crippen LogP contribution in [0.4, 0.5) is 43.3 Å². The lowest BCUT2D eigenvalue weighted by Crippen LogP contribution is -2.52. The standard InChI is InChI=1S/C50H59ClF2N9O4P/c1-6-31-7-8-34-39(55-31)10-11-40(46(34)67(4,5)65)56-47-36(51)29-54-49(59-47)57-41-25-30(2)42(28-43(41)66-3)62-23-17-50(18-24-62)15-21-61(22-16-50)32-13-19-60(20-14-32)33-26-37(52)45(38(53)27-33)35-9-12-44(63)58-48(35)64/h7-8,10-11,25-29,32,35H,6,9,12-24H2,1-5H3,(H,58,63,64)(H2,54,56,57,59)/t35-/m1/s1. The first-order chi connectivity index (χ1) is 32.1. The number of benzene rings is 3. The highest BCUT2D eigenvalue weighted by Crippen LogP contribution is 2.46. The van der Waals surface area contributed by atoms with Crippen LogP contribution >= 0.6 is 18.7 Å². The number of hydrogen-bond donors (Lipinski definition) is 3. The minimum absolute atomic E-state index is 0.0638. The van der Waals surface area contributed by atoms with Crippen LogP contribution < -0.4 is 35.8 Å². The summed E-state index contributed by atoms with van der Waals surface area (Å²) in [6.07, 6.45) is 8.87. The number of piperidine rings is 4. The smallest absolute Gasteiger partial charge is 0.234 e. The lowest BCUT2D eigenvalue weighted by atomic mass is 9.70. The number of ether oxygens (including phenoxy) is 1. The number of amides is 2. The Morgan fingerprint density at radius 3 is 2.24 bits per heavy atom. The Kier molecular flexibility index (Phi) is 13.2. The van der Waals surface area contributed by atoms with E-state index >= 15 is 8.78 Å². The van der Waals surface area contributed by atoms with Crippen LogP contribution in [0, 0.1) is 24.0 Å². The molecule has 13 nitrogen and oxygen atoms in total. The lowest BCUT2D eigenvalue weighted by Gasteiger charge is -2.50. The van der Waals surface area contributed by atoms with Crippen LogP contribution in [0.15, 0.2) is 54.7 Å². The van der Waals surface area contributed by atoms with Crippen molar-refractivity contribution in [2.45, 2.75) is 83.6 Å². The third-order valence-electron chi connectivity index (χ3n) is 14.6. The molecular formula is C50H59ClF2N9O4P.